The van der Waals surface area contributed by atoms with Crippen molar-refractivity contribution in [2.45, 2.75) is 38.2 Å². The Hall–Kier alpha value is -3.23. The average Bonchev–Trinajstić information content (AvgIpc) is 2.94. The number of nitrogens with zero attached hydrogens (tertiary/aromatic N) is 3. The molecule has 10 nitrogen and oxygen atoms in total. The quantitative estimate of drug-likeness (QED) is 0.473. The fourth-order valence-corrected chi connectivity index (χ4v) is 3.59. The van der Waals surface area contributed by atoms with Gasteiger partial charge in [-0.1, -0.05) is 0 Å². The lowest BCUT2D eigenvalue weighted by Gasteiger charge is -2.14. The second-order valence-electron chi connectivity index (χ2n) is 6.54. The van der Waals surface area contributed by atoms with Crippen molar-refractivity contribution in [3.8, 4) is 6.07 Å². The molecule has 2 rings (SSSR count). The van der Waals surface area contributed by atoms with Crippen LogP contribution in [0, 0.1) is 25.2 Å². The highest BCUT2D eigenvalue weighted by molar-refractivity contribution is 7.89. The summed E-state index contributed by atoms with van der Waals surface area (Å²) in [7, 11) is -2.02. The van der Waals surface area contributed by atoms with Crippen molar-refractivity contribution >= 4 is 27.6 Å². The van der Waals surface area contributed by atoms with E-state index in [-0.39, 0.29) is 23.4 Å². The highest BCUT2D eigenvalue weighted by Crippen LogP contribution is 2.19. The summed E-state index contributed by atoms with van der Waals surface area (Å²) in [5.74, 6) is -1.28. The van der Waals surface area contributed by atoms with E-state index in [2.05, 4.69) is 15.1 Å². The number of rotatable bonds is 8. The van der Waals surface area contributed by atoms with E-state index in [1.807, 2.05) is 6.07 Å². The third kappa shape index (κ3) is 5.43. The van der Waals surface area contributed by atoms with Gasteiger partial charge in [-0.25, -0.2) is 17.9 Å². The van der Waals surface area contributed by atoms with Crippen molar-refractivity contribution in [2.75, 3.05) is 11.9 Å². The Bertz CT molecular complexity index is 1080. The predicted molar refractivity (Wildman–Crippen MR) is 108 cm³/mol. The van der Waals surface area contributed by atoms with Gasteiger partial charge in [0.05, 0.1) is 33.6 Å². The van der Waals surface area contributed by atoms with Gasteiger partial charge in [-0.05, 0) is 45.0 Å². The van der Waals surface area contributed by atoms with Gasteiger partial charge >= 0.3 is 5.97 Å². The van der Waals surface area contributed by atoms with Gasteiger partial charge in [-0.2, -0.15) is 10.4 Å². The number of nitrogens with one attached hydrogen (secondary N) is 2. The Morgan fingerprint density at radius 2 is 1.90 bits per heavy atom. The van der Waals surface area contributed by atoms with Crippen molar-refractivity contribution in [3.63, 3.8) is 0 Å². The normalized spacial score (nSPS) is 12.1. The molecule has 11 heteroatoms. The van der Waals surface area contributed by atoms with Gasteiger partial charge < -0.3 is 10.1 Å². The maximum atomic E-state index is 12.4. The highest BCUT2D eigenvalue weighted by Gasteiger charge is 2.22. The lowest BCUT2D eigenvalue weighted by atomic mass is 10.2. The monoisotopic (exact) mass is 433 g/mol. The molecular formula is C19H23N5O5S. The van der Waals surface area contributed by atoms with E-state index in [1.54, 1.807) is 25.6 Å². The molecule has 1 unspecified atom stereocenters. The summed E-state index contributed by atoms with van der Waals surface area (Å²) < 4.78 is 33.3. The van der Waals surface area contributed by atoms with Crippen LogP contribution in [0.2, 0.25) is 0 Å². The number of anilines is 1. The first-order chi connectivity index (χ1) is 14.1. The summed E-state index contributed by atoms with van der Waals surface area (Å²) in [4.78, 5) is 24.6. The van der Waals surface area contributed by atoms with Crippen LogP contribution in [0.3, 0.4) is 0 Å². The molecule has 2 aromatic rings. The number of carbonyl (C=O) groups is 2. The number of hydrogen-bond acceptors (Lipinski definition) is 7. The number of amides is 1. The Balaban J connectivity index is 2.01. The molecule has 0 aliphatic rings. The zero-order chi connectivity index (χ0) is 22.5. The first-order valence-corrected chi connectivity index (χ1v) is 10.5. The molecule has 1 heterocycles. The average molecular weight is 433 g/mol. The molecular weight excluding hydrogens is 410 g/mol. The van der Waals surface area contributed by atoms with E-state index in [9.17, 15) is 18.0 Å². The molecule has 0 bridgehead atoms. The Labute approximate surface area is 174 Å². The number of benzene rings is 1. The number of nitriles is 1. The van der Waals surface area contributed by atoms with Gasteiger partial charge in [0.25, 0.3) is 5.91 Å². The number of esters is 1. The van der Waals surface area contributed by atoms with E-state index in [0.29, 0.717) is 11.4 Å². The van der Waals surface area contributed by atoms with Gasteiger partial charge in [0.2, 0.25) is 10.0 Å². The maximum absolute atomic E-state index is 12.4. The van der Waals surface area contributed by atoms with Crippen LogP contribution in [0.5, 0.6) is 0 Å². The Kier molecular flexibility index (Phi) is 7.31. The lowest BCUT2D eigenvalue weighted by Crippen LogP contribution is -2.30. The standard InChI is InChI=1S/C19H23N5O5S/c1-12-17(13(2)24(4)23-12)22-18(25)14(3)29-19(26)15-6-8-16(9-7-15)30(27,28)21-11-5-10-20/h6-9,14,21H,5,11H2,1-4H3,(H,22,25). The maximum Gasteiger partial charge on any atom is 0.338 e. The van der Waals surface area contributed by atoms with E-state index in [1.165, 1.54) is 31.2 Å². The van der Waals surface area contributed by atoms with Crippen molar-refractivity contribution < 1.29 is 22.7 Å². The lowest BCUT2D eigenvalue weighted by molar-refractivity contribution is -0.123. The van der Waals surface area contributed by atoms with Crippen LogP contribution < -0.4 is 10.0 Å². The molecule has 0 saturated heterocycles. The van der Waals surface area contributed by atoms with E-state index in [0.717, 1.165) is 5.69 Å². The molecule has 1 aromatic heterocycles. The third-order valence-electron chi connectivity index (χ3n) is 4.34. The van der Waals surface area contributed by atoms with Gasteiger partial charge in [0.15, 0.2) is 6.10 Å². The first kappa shape index (κ1) is 23.1. The second kappa shape index (κ2) is 9.51. The molecule has 0 fully saturated rings. The van der Waals surface area contributed by atoms with Crippen molar-refractivity contribution in [2.24, 2.45) is 7.05 Å². The largest absolute Gasteiger partial charge is 0.449 e. The van der Waals surface area contributed by atoms with E-state index in [4.69, 9.17) is 10.00 Å². The van der Waals surface area contributed by atoms with Crippen LogP contribution in [-0.4, -0.2) is 42.7 Å². The van der Waals surface area contributed by atoms with Gasteiger partial charge in [0, 0.05) is 20.0 Å². The summed E-state index contributed by atoms with van der Waals surface area (Å²) in [6.07, 6.45) is -1.03. The summed E-state index contributed by atoms with van der Waals surface area (Å²) in [6.45, 7) is 4.98. The SMILES string of the molecule is Cc1nn(C)c(C)c1NC(=O)C(C)OC(=O)c1ccc(S(=O)(=O)NCCC#N)cc1. The molecule has 1 aromatic carbocycles. The molecule has 160 valence electrons. The van der Waals surface area contributed by atoms with Gasteiger partial charge in [-0.3, -0.25) is 9.48 Å². The smallest absolute Gasteiger partial charge is 0.338 e. The number of aryl methyl sites for hydroxylation is 2. The van der Waals surface area contributed by atoms with Gasteiger partial charge in [-0.15, -0.1) is 0 Å². The summed E-state index contributed by atoms with van der Waals surface area (Å²) >= 11 is 0. The fourth-order valence-electron chi connectivity index (χ4n) is 2.56. The van der Waals surface area contributed by atoms with Crippen LogP contribution in [0.25, 0.3) is 0 Å². The second-order valence-corrected chi connectivity index (χ2v) is 8.30. The number of sulfonamides is 1. The molecule has 1 atom stereocenters. The molecule has 0 spiro atoms. The fraction of sp³-hybridized carbons (Fsp3) is 0.368. The van der Waals surface area contributed by atoms with E-state index >= 15 is 0 Å². The zero-order valence-electron chi connectivity index (χ0n) is 17.1. The molecule has 2 N–H and O–H groups in total. The first-order valence-electron chi connectivity index (χ1n) is 9.05. The van der Waals surface area contributed by atoms with Crippen LogP contribution in [0.15, 0.2) is 29.2 Å². The van der Waals surface area contributed by atoms with Crippen LogP contribution in [0.1, 0.15) is 35.1 Å². The number of aromatic nitrogens is 2. The minimum Gasteiger partial charge on any atom is -0.449 e. The van der Waals surface area contributed by atoms with Crippen LogP contribution >= 0.6 is 0 Å². The third-order valence-corrected chi connectivity index (χ3v) is 5.82. The summed E-state index contributed by atoms with van der Waals surface area (Å²) in [6, 6.07) is 6.92. The minimum absolute atomic E-state index is 0.00879. The zero-order valence-corrected chi connectivity index (χ0v) is 17.9. The molecule has 30 heavy (non-hydrogen) atoms. The minimum atomic E-state index is -3.78. The number of ether oxygens (including phenoxy) is 1. The molecule has 1 amide bonds. The van der Waals surface area contributed by atoms with Crippen molar-refractivity contribution in [1.82, 2.24) is 14.5 Å². The topological polar surface area (TPSA) is 143 Å². The molecule has 0 radical (unpaired) electrons. The number of carbonyl (C=O) groups excluding carboxylic acids is 2. The van der Waals surface area contributed by atoms with Crippen LogP contribution in [0.4, 0.5) is 5.69 Å². The van der Waals surface area contributed by atoms with Gasteiger partial charge in [0.1, 0.15) is 0 Å². The highest BCUT2D eigenvalue weighted by atomic mass is 32.2. The Morgan fingerprint density at radius 3 is 2.43 bits per heavy atom. The predicted octanol–water partition coefficient (Wildman–Crippen LogP) is 1.41. The molecule has 0 aliphatic carbocycles. The molecule has 0 saturated carbocycles. The Morgan fingerprint density at radius 1 is 1.27 bits per heavy atom. The molecule has 0 aliphatic heterocycles. The van der Waals surface area contributed by atoms with Crippen molar-refractivity contribution in [1.29, 1.82) is 5.26 Å². The van der Waals surface area contributed by atoms with Crippen LogP contribution in [-0.2, 0) is 26.6 Å². The van der Waals surface area contributed by atoms with Crippen molar-refractivity contribution in [3.05, 3.63) is 41.2 Å². The summed E-state index contributed by atoms with van der Waals surface area (Å²) in [5.41, 5.74) is 2.06. The number of hydrogen-bond donors (Lipinski definition) is 2. The summed E-state index contributed by atoms with van der Waals surface area (Å²) in [5, 5.41) is 15.4. The van der Waals surface area contributed by atoms with E-state index < -0.39 is 28.0 Å².